The highest BCUT2D eigenvalue weighted by Gasteiger charge is 2.24. The highest BCUT2D eigenvalue weighted by molar-refractivity contribution is 5.85. The molecule has 1 aromatic rings. The molecule has 2 aliphatic rings. The number of carbonyl (C=O) groups is 2. The first-order valence-electron chi connectivity index (χ1n) is 8.03. The zero-order valence-corrected chi connectivity index (χ0v) is 12.7. The van der Waals surface area contributed by atoms with Crippen LogP contribution in [0.3, 0.4) is 0 Å². The van der Waals surface area contributed by atoms with E-state index in [1.807, 2.05) is 24.3 Å². The molecule has 0 aromatic heterocycles. The van der Waals surface area contributed by atoms with Crippen molar-refractivity contribution in [2.24, 2.45) is 0 Å². The van der Waals surface area contributed by atoms with E-state index >= 15 is 0 Å². The molecule has 2 heterocycles. The Morgan fingerprint density at radius 3 is 3.05 bits per heavy atom. The van der Waals surface area contributed by atoms with Crippen LogP contribution < -0.4 is 10.1 Å². The van der Waals surface area contributed by atoms with E-state index in [4.69, 9.17) is 4.74 Å². The third-order valence-corrected chi connectivity index (χ3v) is 4.30. The summed E-state index contributed by atoms with van der Waals surface area (Å²) in [5.41, 5.74) is 1.02. The molecule has 0 bridgehead atoms. The van der Waals surface area contributed by atoms with Crippen molar-refractivity contribution in [1.82, 2.24) is 10.2 Å². The van der Waals surface area contributed by atoms with Crippen LogP contribution in [0.4, 0.5) is 0 Å². The molecule has 0 radical (unpaired) electrons. The predicted molar refractivity (Wildman–Crippen MR) is 82.5 cm³/mol. The largest absolute Gasteiger partial charge is 0.493 e. The second-order valence-electron chi connectivity index (χ2n) is 5.92. The fourth-order valence-electron chi connectivity index (χ4n) is 3.11. The van der Waals surface area contributed by atoms with Crippen LogP contribution in [0.5, 0.6) is 5.75 Å². The normalized spacial score (nSPS) is 21.5. The van der Waals surface area contributed by atoms with Gasteiger partial charge in [0.15, 0.2) is 0 Å². The van der Waals surface area contributed by atoms with E-state index in [1.165, 1.54) is 0 Å². The lowest BCUT2D eigenvalue weighted by molar-refractivity contribution is -0.135. The van der Waals surface area contributed by atoms with Crippen LogP contribution in [-0.2, 0) is 9.59 Å². The second-order valence-corrected chi connectivity index (χ2v) is 5.92. The van der Waals surface area contributed by atoms with Gasteiger partial charge < -0.3 is 15.0 Å². The molecule has 0 saturated carbocycles. The number of ether oxygens (including phenoxy) is 1. The van der Waals surface area contributed by atoms with Crippen molar-refractivity contribution in [3.63, 3.8) is 0 Å². The number of likely N-dealkylation sites (tertiary alicyclic amines) is 1. The zero-order valence-electron chi connectivity index (χ0n) is 12.7. The van der Waals surface area contributed by atoms with E-state index in [0.717, 1.165) is 37.0 Å². The third kappa shape index (κ3) is 3.40. The second kappa shape index (κ2) is 6.81. The zero-order chi connectivity index (χ0) is 15.4. The lowest BCUT2D eigenvalue weighted by Gasteiger charge is -2.28. The summed E-state index contributed by atoms with van der Waals surface area (Å²) in [5, 5.41) is 3.05. The maximum Gasteiger partial charge on any atom is 0.240 e. The molecule has 0 unspecified atom stereocenters. The summed E-state index contributed by atoms with van der Waals surface area (Å²) >= 11 is 0. The van der Waals surface area contributed by atoms with Crippen molar-refractivity contribution in [1.29, 1.82) is 0 Å². The Hall–Kier alpha value is -2.04. The molecule has 0 spiro atoms. The molecular formula is C17H22N2O3. The summed E-state index contributed by atoms with van der Waals surface area (Å²) in [6, 6.07) is 7.76. The summed E-state index contributed by atoms with van der Waals surface area (Å²) in [6.07, 6.45) is 4.31. The van der Waals surface area contributed by atoms with Gasteiger partial charge in [0.1, 0.15) is 5.75 Å². The lowest BCUT2D eigenvalue weighted by atomic mass is 10.0. The number of fused-ring (bicyclic) bond motifs is 1. The maximum atomic E-state index is 12.3. The molecule has 2 aliphatic heterocycles. The molecule has 3 rings (SSSR count). The van der Waals surface area contributed by atoms with Crippen LogP contribution in [-0.4, -0.2) is 36.4 Å². The predicted octanol–water partition coefficient (Wildman–Crippen LogP) is 2.03. The minimum atomic E-state index is -0.0862. The van der Waals surface area contributed by atoms with E-state index < -0.39 is 0 Å². The average molecular weight is 302 g/mol. The number of nitrogens with one attached hydrogen (secondary N) is 1. The highest BCUT2D eigenvalue weighted by Crippen LogP contribution is 2.31. The number of hydrogen-bond donors (Lipinski definition) is 1. The average Bonchev–Trinajstić information content (AvgIpc) is 2.73. The number of carbonyl (C=O) groups excluding carboxylic acids is 2. The lowest BCUT2D eigenvalue weighted by Crippen LogP contribution is -2.42. The fraction of sp³-hybridized carbons (Fsp3) is 0.529. The van der Waals surface area contributed by atoms with E-state index in [2.05, 4.69) is 5.32 Å². The van der Waals surface area contributed by atoms with E-state index in [-0.39, 0.29) is 24.4 Å². The van der Waals surface area contributed by atoms with Crippen molar-refractivity contribution < 1.29 is 14.3 Å². The number of hydrogen-bond acceptors (Lipinski definition) is 3. The Kier molecular flexibility index (Phi) is 4.61. The molecule has 22 heavy (non-hydrogen) atoms. The summed E-state index contributed by atoms with van der Waals surface area (Å²) < 4.78 is 5.60. The van der Waals surface area contributed by atoms with E-state index in [1.54, 1.807) is 4.90 Å². The summed E-state index contributed by atoms with van der Waals surface area (Å²) in [5.74, 6) is 0.849. The molecule has 5 heteroatoms. The number of para-hydroxylation sites is 1. The van der Waals surface area contributed by atoms with Crippen molar-refractivity contribution >= 4 is 11.8 Å². The summed E-state index contributed by atoms with van der Waals surface area (Å²) in [6.45, 7) is 1.46. The molecule has 118 valence electrons. The van der Waals surface area contributed by atoms with Gasteiger partial charge in [-0.05, 0) is 18.9 Å². The molecule has 1 fully saturated rings. The van der Waals surface area contributed by atoms with Gasteiger partial charge in [-0.3, -0.25) is 9.59 Å². The Morgan fingerprint density at radius 2 is 2.14 bits per heavy atom. The van der Waals surface area contributed by atoms with Gasteiger partial charge in [0, 0.05) is 24.9 Å². The quantitative estimate of drug-likeness (QED) is 0.929. The van der Waals surface area contributed by atoms with Crippen LogP contribution in [0.1, 0.15) is 43.7 Å². The minimum Gasteiger partial charge on any atom is -0.493 e. The standard InChI is InChI=1S/C17H22N2O3/c20-16(12-19-10-5-1-2-8-17(19)21)18-14-9-11-22-15-7-4-3-6-13(14)15/h3-4,6-7,14H,1-2,5,8-12H2,(H,18,20)/t14-/m1/s1. The van der Waals surface area contributed by atoms with Gasteiger partial charge in [-0.1, -0.05) is 24.6 Å². The van der Waals surface area contributed by atoms with Gasteiger partial charge >= 0.3 is 0 Å². The van der Waals surface area contributed by atoms with Crippen molar-refractivity contribution in [2.75, 3.05) is 19.7 Å². The topological polar surface area (TPSA) is 58.6 Å². The first kappa shape index (κ1) is 14.9. The van der Waals surface area contributed by atoms with E-state index in [0.29, 0.717) is 19.6 Å². The summed E-state index contributed by atoms with van der Waals surface area (Å²) in [4.78, 5) is 26.0. The maximum absolute atomic E-state index is 12.3. The van der Waals surface area contributed by atoms with Crippen LogP contribution in [0, 0.1) is 0 Å². The van der Waals surface area contributed by atoms with Crippen LogP contribution >= 0.6 is 0 Å². The van der Waals surface area contributed by atoms with Gasteiger partial charge in [0.25, 0.3) is 0 Å². The smallest absolute Gasteiger partial charge is 0.240 e. The molecule has 5 nitrogen and oxygen atoms in total. The monoisotopic (exact) mass is 302 g/mol. The van der Waals surface area contributed by atoms with Crippen molar-refractivity contribution in [2.45, 2.75) is 38.1 Å². The molecule has 2 amide bonds. The Balaban J connectivity index is 1.61. The van der Waals surface area contributed by atoms with Gasteiger partial charge in [-0.2, -0.15) is 0 Å². The van der Waals surface area contributed by atoms with Crippen LogP contribution in [0.25, 0.3) is 0 Å². The first-order valence-corrected chi connectivity index (χ1v) is 8.03. The molecule has 1 aromatic carbocycles. The highest BCUT2D eigenvalue weighted by atomic mass is 16.5. The fourth-order valence-corrected chi connectivity index (χ4v) is 3.11. The molecular weight excluding hydrogens is 280 g/mol. The molecule has 1 atom stereocenters. The molecule has 1 N–H and O–H groups in total. The Bertz CT molecular complexity index is 559. The third-order valence-electron chi connectivity index (χ3n) is 4.30. The van der Waals surface area contributed by atoms with Crippen molar-refractivity contribution in [3.05, 3.63) is 29.8 Å². The Labute approximate surface area is 130 Å². The van der Waals surface area contributed by atoms with Gasteiger partial charge in [-0.25, -0.2) is 0 Å². The SMILES string of the molecule is O=C(CN1CCCCCC1=O)N[C@@H]1CCOc2ccccc21. The van der Waals surface area contributed by atoms with E-state index in [9.17, 15) is 9.59 Å². The first-order chi connectivity index (χ1) is 10.7. The number of nitrogens with zero attached hydrogens (tertiary/aromatic N) is 1. The number of benzene rings is 1. The summed E-state index contributed by atoms with van der Waals surface area (Å²) in [7, 11) is 0. The van der Waals surface area contributed by atoms with Gasteiger partial charge in [0.2, 0.25) is 11.8 Å². The van der Waals surface area contributed by atoms with Crippen LogP contribution in [0.15, 0.2) is 24.3 Å². The number of rotatable bonds is 3. The molecule has 1 saturated heterocycles. The van der Waals surface area contributed by atoms with Crippen molar-refractivity contribution in [3.8, 4) is 5.75 Å². The van der Waals surface area contributed by atoms with Gasteiger partial charge in [0.05, 0.1) is 19.2 Å². The minimum absolute atomic E-state index is 0.0282. The van der Waals surface area contributed by atoms with Gasteiger partial charge in [-0.15, -0.1) is 0 Å². The number of amides is 2. The Morgan fingerprint density at radius 1 is 1.27 bits per heavy atom. The van der Waals surface area contributed by atoms with Crippen LogP contribution in [0.2, 0.25) is 0 Å². The molecule has 0 aliphatic carbocycles.